The molecule has 0 heterocycles. The Balaban J connectivity index is 0.00000289. The van der Waals surface area contributed by atoms with Gasteiger partial charge in [0.1, 0.15) is 0 Å². The van der Waals surface area contributed by atoms with E-state index >= 15 is 0 Å². The Labute approximate surface area is 130 Å². The van der Waals surface area contributed by atoms with Gasteiger partial charge in [-0.05, 0) is 37.4 Å². The number of hydrogen-bond acceptors (Lipinski definition) is 1. The molecule has 104 valence electrons. The molecule has 0 fully saturated rings. The Morgan fingerprint density at radius 3 is 1.89 bits per heavy atom. The summed E-state index contributed by atoms with van der Waals surface area (Å²) in [4.78, 5) is 0. The molecule has 1 nitrogen and oxygen atoms in total. The van der Waals surface area contributed by atoms with Gasteiger partial charge in [0.2, 0.25) is 0 Å². The third kappa shape index (κ3) is 3.70. The van der Waals surface area contributed by atoms with Crippen molar-refractivity contribution in [3.05, 3.63) is 35.9 Å². The number of rotatable bonds is 6. The van der Waals surface area contributed by atoms with E-state index in [9.17, 15) is 0 Å². The molecule has 18 heavy (non-hydrogen) atoms. The van der Waals surface area contributed by atoms with Gasteiger partial charge in [-0.1, -0.05) is 58.0 Å². The Morgan fingerprint density at radius 2 is 1.50 bits per heavy atom. The predicted molar refractivity (Wildman–Crippen MR) is 91.8 cm³/mol. The predicted octanol–water partition coefficient (Wildman–Crippen LogP) is 4.46. The van der Waals surface area contributed by atoms with Crippen molar-refractivity contribution >= 4 is 24.0 Å². The molecule has 0 amide bonds. The molecule has 0 aliphatic carbocycles. The van der Waals surface area contributed by atoms with Gasteiger partial charge in [-0.3, -0.25) is 0 Å². The van der Waals surface area contributed by atoms with Crippen LogP contribution in [0.15, 0.2) is 30.3 Å². The summed E-state index contributed by atoms with van der Waals surface area (Å²) in [5.41, 5.74) is 1.77. The summed E-state index contributed by atoms with van der Waals surface area (Å²) in [5, 5.41) is 3.30. The molecule has 0 aromatic heterocycles. The van der Waals surface area contributed by atoms with E-state index in [1.165, 1.54) is 12.0 Å². The molecular formula is C16H28IN. The molecule has 0 spiro atoms. The molecule has 0 bridgehead atoms. The topological polar surface area (TPSA) is 12.0 Å². The summed E-state index contributed by atoms with van der Waals surface area (Å²) < 4.78 is 0. The first-order valence-electron chi connectivity index (χ1n) is 6.75. The molecule has 0 saturated heterocycles. The summed E-state index contributed by atoms with van der Waals surface area (Å²) in [5.74, 6) is 1.30. The van der Waals surface area contributed by atoms with Gasteiger partial charge in [0.25, 0.3) is 0 Å². The summed E-state index contributed by atoms with van der Waals surface area (Å²) in [6.07, 6.45) is 1.20. The molecule has 0 radical (unpaired) electrons. The van der Waals surface area contributed by atoms with Gasteiger partial charge in [-0.25, -0.2) is 0 Å². The van der Waals surface area contributed by atoms with Crippen LogP contribution in [0.1, 0.15) is 39.7 Å². The van der Waals surface area contributed by atoms with E-state index < -0.39 is 0 Å². The van der Waals surface area contributed by atoms with Crippen molar-refractivity contribution in [3.63, 3.8) is 0 Å². The Morgan fingerprint density at radius 1 is 1.00 bits per heavy atom. The molecule has 0 aliphatic heterocycles. The molecule has 1 rings (SSSR count). The fourth-order valence-electron chi connectivity index (χ4n) is 3.14. The maximum absolute atomic E-state index is 3.30. The summed E-state index contributed by atoms with van der Waals surface area (Å²) >= 11 is 0. The van der Waals surface area contributed by atoms with Crippen molar-refractivity contribution in [1.29, 1.82) is 0 Å². The van der Waals surface area contributed by atoms with Gasteiger partial charge in [0.05, 0.1) is 0 Å². The van der Waals surface area contributed by atoms with Gasteiger partial charge < -0.3 is 5.32 Å². The first-order valence-corrected chi connectivity index (χ1v) is 6.75. The van der Waals surface area contributed by atoms with Gasteiger partial charge in [-0.15, -0.1) is 24.0 Å². The van der Waals surface area contributed by atoms with Crippen LogP contribution in [0, 0.1) is 11.8 Å². The highest BCUT2D eigenvalue weighted by molar-refractivity contribution is 14.0. The number of nitrogens with one attached hydrogen (secondary N) is 1. The second kappa shape index (κ2) is 8.16. The summed E-state index contributed by atoms with van der Waals surface area (Å²) in [6.45, 7) is 10.5. The fraction of sp³-hybridized carbons (Fsp3) is 0.625. The van der Waals surface area contributed by atoms with Crippen molar-refractivity contribution in [2.75, 3.05) is 13.6 Å². The Bertz CT molecular complexity index is 311. The maximum Gasteiger partial charge on any atom is 0.00110 e. The van der Waals surface area contributed by atoms with Crippen LogP contribution < -0.4 is 5.32 Å². The highest BCUT2D eigenvalue weighted by atomic mass is 127. The van der Waals surface area contributed by atoms with E-state index in [1.807, 2.05) is 7.05 Å². The largest absolute Gasteiger partial charge is 0.320 e. The number of benzene rings is 1. The average Bonchev–Trinajstić information content (AvgIpc) is 2.30. The first kappa shape index (κ1) is 17.9. The lowest BCUT2D eigenvalue weighted by atomic mass is 9.62. The zero-order valence-corrected chi connectivity index (χ0v) is 14.7. The third-order valence-corrected chi connectivity index (χ3v) is 4.16. The van der Waals surface area contributed by atoms with E-state index in [-0.39, 0.29) is 29.4 Å². The van der Waals surface area contributed by atoms with Crippen LogP contribution in [0.5, 0.6) is 0 Å². The minimum atomic E-state index is 0. The van der Waals surface area contributed by atoms with Crippen LogP contribution in [-0.2, 0) is 5.41 Å². The monoisotopic (exact) mass is 361 g/mol. The zero-order chi connectivity index (χ0) is 12.9. The van der Waals surface area contributed by atoms with Gasteiger partial charge in [0, 0.05) is 5.41 Å². The van der Waals surface area contributed by atoms with Crippen molar-refractivity contribution < 1.29 is 0 Å². The molecule has 1 aromatic carbocycles. The Kier molecular flexibility index (Phi) is 8.11. The van der Waals surface area contributed by atoms with Crippen LogP contribution in [0.4, 0.5) is 0 Å². The number of hydrogen-bond donors (Lipinski definition) is 1. The third-order valence-electron chi connectivity index (χ3n) is 4.16. The molecular weight excluding hydrogens is 333 g/mol. The second-order valence-electron chi connectivity index (χ2n) is 5.57. The Hall–Kier alpha value is -0.0900. The van der Waals surface area contributed by atoms with Crippen molar-refractivity contribution in [2.45, 2.75) is 39.5 Å². The van der Waals surface area contributed by atoms with Crippen molar-refractivity contribution in [3.8, 4) is 0 Å². The van der Waals surface area contributed by atoms with E-state index in [2.05, 4.69) is 63.3 Å². The van der Waals surface area contributed by atoms with E-state index in [0.29, 0.717) is 11.8 Å². The highest BCUT2D eigenvalue weighted by Crippen LogP contribution is 2.42. The average molecular weight is 361 g/mol. The van der Waals surface area contributed by atoms with Crippen LogP contribution in [-0.4, -0.2) is 13.6 Å². The van der Waals surface area contributed by atoms with Crippen molar-refractivity contribution in [1.82, 2.24) is 5.32 Å². The van der Waals surface area contributed by atoms with Crippen LogP contribution in [0.3, 0.4) is 0 Å². The minimum absolute atomic E-state index is 0. The molecule has 0 aliphatic rings. The molecule has 0 unspecified atom stereocenters. The van der Waals surface area contributed by atoms with Crippen LogP contribution >= 0.6 is 24.0 Å². The molecule has 2 heteroatoms. The lowest BCUT2D eigenvalue weighted by molar-refractivity contribution is 0.201. The second-order valence-corrected chi connectivity index (χ2v) is 5.57. The van der Waals surface area contributed by atoms with Crippen LogP contribution in [0.2, 0.25) is 0 Å². The fourth-order valence-corrected chi connectivity index (χ4v) is 3.14. The lowest BCUT2D eigenvalue weighted by Crippen LogP contribution is -2.40. The quantitative estimate of drug-likeness (QED) is 0.738. The van der Waals surface area contributed by atoms with E-state index in [4.69, 9.17) is 0 Å². The first-order chi connectivity index (χ1) is 8.05. The van der Waals surface area contributed by atoms with Crippen LogP contribution in [0.25, 0.3) is 0 Å². The lowest BCUT2D eigenvalue weighted by Gasteiger charge is -2.42. The summed E-state index contributed by atoms with van der Waals surface area (Å²) in [6, 6.07) is 11.0. The standard InChI is InChI=1S/C16H27N.HI/c1-13(2)16(14(3)4,11-12-17-5)15-9-7-6-8-10-15;/h6-10,13-14,17H,11-12H2,1-5H3;1H. The molecule has 0 atom stereocenters. The SMILES string of the molecule is CNCCC(c1ccccc1)(C(C)C)C(C)C.I. The van der Waals surface area contributed by atoms with Crippen molar-refractivity contribution in [2.24, 2.45) is 11.8 Å². The molecule has 1 aromatic rings. The zero-order valence-electron chi connectivity index (χ0n) is 12.4. The van der Waals surface area contributed by atoms with Gasteiger partial charge >= 0.3 is 0 Å². The normalized spacial score (nSPS) is 11.7. The highest BCUT2D eigenvalue weighted by Gasteiger charge is 2.37. The van der Waals surface area contributed by atoms with E-state index in [1.54, 1.807) is 0 Å². The van der Waals surface area contributed by atoms with Gasteiger partial charge in [0.15, 0.2) is 0 Å². The number of halogens is 1. The molecule has 1 N–H and O–H groups in total. The maximum atomic E-state index is 3.30. The van der Waals surface area contributed by atoms with E-state index in [0.717, 1.165) is 6.54 Å². The summed E-state index contributed by atoms with van der Waals surface area (Å²) in [7, 11) is 2.04. The molecule has 0 saturated carbocycles. The smallest absolute Gasteiger partial charge is 0.00110 e. The van der Waals surface area contributed by atoms with Gasteiger partial charge in [-0.2, -0.15) is 0 Å². The minimum Gasteiger partial charge on any atom is -0.320 e.